The summed E-state index contributed by atoms with van der Waals surface area (Å²) in [5.41, 5.74) is 1.03. The minimum atomic E-state index is -0.528. The number of hydrogen-bond acceptors (Lipinski definition) is 7. The Balaban J connectivity index is 1.82. The topological polar surface area (TPSA) is 83.5 Å². The molecule has 1 amide bonds. The Morgan fingerprint density at radius 2 is 2.00 bits per heavy atom. The van der Waals surface area contributed by atoms with Gasteiger partial charge in [0.05, 0.1) is 13.0 Å². The fourth-order valence-corrected chi connectivity index (χ4v) is 2.63. The van der Waals surface area contributed by atoms with E-state index in [1.54, 1.807) is 4.90 Å². The summed E-state index contributed by atoms with van der Waals surface area (Å²) < 4.78 is 25.3. The van der Waals surface area contributed by atoms with Crippen LogP contribution in [0.2, 0.25) is 0 Å². The van der Waals surface area contributed by atoms with E-state index in [0.29, 0.717) is 18.7 Å². The molecule has 0 N–H and O–H groups in total. The van der Waals surface area contributed by atoms with Gasteiger partial charge in [-0.1, -0.05) is 6.07 Å². The largest absolute Gasteiger partial charge is 0.454 e. The maximum Gasteiger partial charge on any atom is 0.412 e. The monoisotopic (exact) mass is 367 g/mol. The standard InChI is InChI=1S/C18H25NO7/c1-4-19(18(21)26-12-25-17(20)7-8-22-3)13(2)9-14-5-6-15-16(10-14)24-11-23-15/h5-6,10,13H,4,7-9,11-12H2,1-3H3. The Kier molecular flexibility index (Phi) is 7.53. The predicted octanol–water partition coefficient (Wildman–Crippen LogP) is 2.34. The number of amides is 1. The number of benzene rings is 1. The average Bonchev–Trinajstić information content (AvgIpc) is 3.08. The molecule has 2 rings (SSSR count). The molecule has 0 fully saturated rings. The molecular formula is C18H25NO7. The molecule has 8 nitrogen and oxygen atoms in total. The maximum atomic E-state index is 12.2. The van der Waals surface area contributed by atoms with Crippen LogP contribution in [-0.4, -0.2) is 56.9 Å². The molecule has 0 saturated heterocycles. The van der Waals surface area contributed by atoms with Crippen molar-refractivity contribution in [2.24, 2.45) is 0 Å². The highest BCUT2D eigenvalue weighted by Gasteiger charge is 2.22. The summed E-state index contributed by atoms with van der Waals surface area (Å²) in [7, 11) is 1.49. The predicted molar refractivity (Wildman–Crippen MR) is 92.0 cm³/mol. The van der Waals surface area contributed by atoms with Crippen molar-refractivity contribution in [3.63, 3.8) is 0 Å². The molecule has 0 aromatic heterocycles. The van der Waals surface area contributed by atoms with Crippen molar-refractivity contribution < 1.29 is 33.3 Å². The van der Waals surface area contributed by atoms with Gasteiger partial charge >= 0.3 is 12.1 Å². The fraction of sp³-hybridized carbons (Fsp3) is 0.556. The summed E-state index contributed by atoms with van der Waals surface area (Å²) in [4.78, 5) is 25.2. The number of nitrogens with zero attached hydrogens (tertiary/aromatic N) is 1. The number of fused-ring (bicyclic) bond motifs is 1. The van der Waals surface area contributed by atoms with Crippen molar-refractivity contribution >= 4 is 12.1 Å². The van der Waals surface area contributed by atoms with Crippen molar-refractivity contribution in [2.75, 3.05) is 33.8 Å². The highest BCUT2D eigenvalue weighted by atomic mass is 16.7. The van der Waals surface area contributed by atoms with E-state index in [2.05, 4.69) is 0 Å². The molecule has 0 bridgehead atoms. The molecule has 26 heavy (non-hydrogen) atoms. The molecule has 1 aliphatic heterocycles. The summed E-state index contributed by atoms with van der Waals surface area (Å²) in [6, 6.07) is 5.62. The van der Waals surface area contributed by atoms with Gasteiger partial charge in [-0.2, -0.15) is 0 Å². The second-order valence-electron chi connectivity index (χ2n) is 5.81. The van der Waals surface area contributed by atoms with Gasteiger partial charge in [0, 0.05) is 19.7 Å². The van der Waals surface area contributed by atoms with E-state index in [-0.39, 0.29) is 25.9 Å². The molecule has 1 aromatic rings. The zero-order chi connectivity index (χ0) is 18.9. The molecule has 8 heteroatoms. The first-order valence-electron chi connectivity index (χ1n) is 8.51. The molecule has 0 radical (unpaired) electrons. The molecule has 144 valence electrons. The van der Waals surface area contributed by atoms with Crippen LogP contribution in [0.15, 0.2) is 18.2 Å². The highest BCUT2D eigenvalue weighted by molar-refractivity contribution is 5.70. The van der Waals surface area contributed by atoms with E-state index in [0.717, 1.165) is 11.3 Å². The van der Waals surface area contributed by atoms with Gasteiger partial charge in [0.15, 0.2) is 11.5 Å². The van der Waals surface area contributed by atoms with Crippen LogP contribution in [0.4, 0.5) is 4.79 Å². The second-order valence-corrected chi connectivity index (χ2v) is 5.81. The molecule has 1 unspecified atom stereocenters. The molecule has 1 aliphatic rings. The van der Waals surface area contributed by atoms with Crippen molar-refractivity contribution in [1.82, 2.24) is 4.90 Å². The normalized spacial score (nSPS) is 13.2. The number of hydrogen-bond donors (Lipinski definition) is 0. The average molecular weight is 367 g/mol. The Morgan fingerprint density at radius 1 is 1.23 bits per heavy atom. The maximum absolute atomic E-state index is 12.2. The SMILES string of the molecule is CCN(C(=O)OCOC(=O)CCOC)C(C)Cc1ccc2c(c1)OCO2. The minimum Gasteiger partial charge on any atom is -0.454 e. The van der Waals surface area contributed by atoms with Gasteiger partial charge in [0.1, 0.15) is 0 Å². The zero-order valence-electron chi connectivity index (χ0n) is 15.4. The number of methoxy groups -OCH3 is 1. The van der Waals surface area contributed by atoms with E-state index in [1.165, 1.54) is 7.11 Å². The zero-order valence-corrected chi connectivity index (χ0v) is 15.4. The first-order valence-corrected chi connectivity index (χ1v) is 8.51. The molecule has 0 spiro atoms. The smallest absolute Gasteiger partial charge is 0.412 e. The van der Waals surface area contributed by atoms with Crippen molar-refractivity contribution in [3.05, 3.63) is 23.8 Å². The van der Waals surface area contributed by atoms with Crippen LogP contribution in [0, 0.1) is 0 Å². The van der Waals surface area contributed by atoms with E-state index in [9.17, 15) is 9.59 Å². The lowest BCUT2D eigenvalue weighted by atomic mass is 10.1. The van der Waals surface area contributed by atoms with Crippen molar-refractivity contribution in [1.29, 1.82) is 0 Å². The van der Waals surface area contributed by atoms with E-state index in [1.807, 2.05) is 32.0 Å². The lowest BCUT2D eigenvalue weighted by molar-refractivity contribution is -0.153. The van der Waals surface area contributed by atoms with Gasteiger partial charge < -0.3 is 28.6 Å². The molecule has 1 atom stereocenters. The number of ether oxygens (including phenoxy) is 5. The fourth-order valence-electron chi connectivity index (χ4n) is 2.63. The van der Waals surface area contributed by atoms with Crippen LogP contribution in [-0.2, 0) is 25.4 Å². The van der Waals surface area contributed by atoms with Gasteiger partial charge in [0.25, 0.3) is 0 Å². The molecular weight excluding hydrogens is 342 g/mol. The number of rotatable bonds is 9. The van der Waals surface area contributed by atoms with Gasteiger partial charge in [0.2, 0.25) is 13.6 Å². The molecule has 0 saturated carbocycles. The van der Waals surface area contributed by atoms with Crippen LogP contribution in [0.1, 0.15) is 25.8 Å². The first-order chi connectivity index (χ1) is 12.5. The third kappa shape index (κ3) is 5.52. The van der Waals surface area contributed by atoms with Crippen LogP contribution in [0.5, 0.6) is 11.5 Å². The van der Waals surface area contributed by atoms with E-state index < -0.39 is 18.9 Å². The summed E-state index contributed by atoms with van der Waals surface area (Å²) in [6.07, 6.45) is 0.222. The van der Waals surface area contributed by atoms with Crippen LogP contribution < -0.4 is 9.47 Å². The van der Waals surface area contributed by atoms with Crippen LogP contribution in [0.3, 0.4) is 0 Å². The minimum absolute atomic E-state index is 0.0999. The summed E-state index contributed by atoms with van der Waals surface area (Å²) in [5.74, 6) is 0.961. The quantitative estimate of drug-likeness (QED) is 0.489. The molecule has 0 aliphatic carbocycles. The summed E-state index contributed by atoms with van der Waals surface area (Å²) in [5, 5.41) is 0. The van der Waals surface area contributed by atoms with E-state index in [4.69, 9.17) is 23.7 Å². The lowest BCUT2D eigenvalue weighted by Crippen LogP contribution is -2.40. The molecule has 1 heterocycles. The van der Waals surface area contributed by atoms with Gasteiger partial charge in [-0.15, -0.1) is 0 Å². The second kappa shape index (κ2) is 9.86. The van der Waals surface area contributed by atoms with Gasteiger partial charge in [-0.05, 0) is 38.0 Å². The number of carbonyl (C=O) groups is 2. The van der Waals surface area contributed by atoms with Gasteiger partial charge in [-0.25, -0.2) is 4.79 Å². The summed E-state index contributed by atoms with van der Waals surface area (Å²) >= 11 is 0. The first kappa shape index (κ1) is 19.8. The highest BCUT2D eigenvalue weighted by Crippen LogP contribution is 2.33. The van der Waals surface area contributed by atoms with E-state index >= 15 is 0 Å². The Bertz CT molecular complexity index is 620. The third-order valence-electron chi connectivity index (χ3n) is 3.99. The van der Waals surface area contributed by atoms with Crippen molar-refractivity contribution in [2.45, 2.75) is 32.7 Å². The number of likely N-dealkylation sites (N-methyl/N-ethyl adjacent to an activating group) is 1. The Hall–Kier alpha value is -2.48. The Morgan fingerprint density at radius 3 is 2.73 bits per heavy atom. The summed E-state index contributed by atoms with van der Waals surface area (Å²) in [6.45, 7) is 4.35. The Labute approximate surface area is 152 Å². The third-order valence-corrected chi connectivity index (χ3v) is 3.99. The van der Waals surface area contributed by atoms with Crippen LogP contribution >= 0.6 is 0 Å². The number of esters is 1. The van der Waals surface area contributed by atoms with Gasteiger partial charge in [-0.3, -0.25) is 4.79 Å². The van der Waals surface area contributed by atoms with Crippen molar-refractivity contribution in [3.8, 4) is 11.5 Å². The lowest BCUT2D eigenvalue weighted by Gasteiger charge is -2.27. The number of carbonyl (C=O) groups excluding carboxylic acids is 2. The molecule has 1 aromatic carbocycles. The van der Waals surface area contributed by atoms with Crippen LogP contribution in [0.25, 0.3) is 0 Å².